The molecule has 1 atom stereocenters. The Morgan fingerprint density at radius 3 is 2.40 bits per heavy atom. The predicted molar refractivity (Wildman–Crippen MR) is 65.0 cm³/mol. The number of pyridine rings is 1. The molecule has 0 saturated carbocycles. The Morgan fingerprint density at radius 2 is 2.00 bits per heavy atom. The molecule has 0 amide bonds. The first-order chi connectivity index (χ1) is 6.79. The van der Waals surface area contributed by atoms with Gasteiger partial charge in [0.15, 0.2) is 0 Å². The lowest BCUT2D eigenvalue weighted by molar-refractivity contribution is 0.630. The number of anilines is 1. The lowest BCUT2D eigenvalue weighted by Gasteiger charge is -2.22. The van der Waals surface area contributed by atoms with Gasteiger partial charge in [0.2, 0.25) is 0 Å². The van der Waals surface area contributed by atoms with Gasteiger partial charge in [0.1, 0.15) is 5.82 Å². The third-order valence-electron chi connectivity index (χ3n) is 2.14. The molecule has 1 heterocycles. The zero-order valence-electron chi connectivity index (χ0n) is 10.3. The molecule has 0 radical (unpaired) electrons. The fourth-order valence-electron chi connectivity index (χ4n) is 1.50. The second-order valence-electron chi connectivity index (χ2n) is 5.09. The van der Waals surface area contributed by atoms with Crippen LogP contribution in [0.1, 0.15) is 44.9 Å². The summed E-state index contributed by atoms with van der Waals surface area (Å²) < 4.78 is 0. The molecule has 15 heavy (non-hydrogen) atoms. The summed E-state index contributed by atoms with van der Waals surface area (Å²) in [6.45, 7) is 10.4. The van der Waals surface area contributed by atoms with Crippen molar-refractivity contribution in [2.45, 2.75) is 46.2 Å². The van der Waals surface area contributed by atoms with E-state index < -0.39 is 0 Å². The van der Waals surface area contributed by atoms with Crippen LogP contribution < -0.4 is 11.1 Å². The Morgan fingerprint density at radius 1 is 1.40 bits per heavy atom. The van der Waals surface area contributed by atoms with E-state index in [1.54, 1.807) is 0 Å². The summed E-state index contributed by atoms with van der Waals surface area (Å²) in [7, 11) is 0. The van der Waals surface area contributed by atoms with Crippen molar-refractivity contribution in [1.82, 2.24) is 4.98 Å². The van der Waals surface area contributed by atoms with Crippen molar-refractivity contribution in [2.75, 3.05) is 5.32 Å². The molecule has 0 saturated heterocycles. The number of nitrogens with two attached hydrogens (primary N) is 1. The monoisotopic (exact) mass is 207 g/mol. The van der Waals surface area contributed by atoms with Gasteiger partial charge in [-0.05, 0) is 51.8 Å². The number of rotatable bonds is 2. The van der Waals surface area contributed by atoms with Crippen molar-refractivity contribution in [2.24, 2.45) is 5.73 Å². The SMILES string of the molecule is Cc1cc(NC(C)(C)C)ncc1[C@H](C)N. The number of hydrogen-bond donors (Lipinski definition) is 2. The lowest BCUT2D eigenvalue weighted by Crippen LogP contribution is -2.26. The number of nitrogens with one attached hydrogen (secondary N) is 1. The summed E-state index contributed by atoms with van der Waals surface area (Å²) >= 11 is 0. The normalized spacial score (nSPS) is 13.7. The molecule has 0 aliphatic carbocycles. The molecule has 3 heteroatoms. The maximum atomic E-state index is 5.83. The van der Waals surface area contributed by atoms with Gasteiger partial charge in [-0.1, -0.05) is 0 Å². The smallest absolute Gasteiger partial charge is 0.126 e. The average molecular weight is 207 g/mol. The largest absolute Gasteiger partial charge is 0.365 e. The van der Waals surface area contributed by atoms with E-state index in [1.807, 2.05) is 19.2 Å². The van der Waals surface area contributed by atoms with Crippen molar-refractivity contribution < 1.29 is 0 Å². The van der Waals surface area contributed by atoms with E-state index in [0.717, 1.165) is 11.4 Å². The molecule has 0 fully saturated rings. The molecule has 0 unspecified atom stereocenters. The van der Waals surface area contributed by atoms with Crippen LogP contribution in [0.15, 0.2) is 12.3 Å². The van der Waals surface area contributed by atoms with E-state index in [4.69, 9.17) is 5.73 Å². The van der Waals surface area contributed by atoms with E-state index in [9.17, 15) is 0 Å². The fourth-order valence-corrected chi connectivity index (χ4v) is 1.50. The highest BCUT2D eigenvalue weighted by molar-refractivity contribution is 5.42. The third kappa shape index (κ3) is 3.51. The minimum Gasteiger partial charge on any atom is -0.365 e. The Kier molecular flexibility index (Phi) is 3.35. The topological polar surface area (TPSA) is 50.9 Å². The molecule has 0 spiro atoms. The summed E-state index contributed by atoms with van der Waals surface area (Å²) in [4.78, 5) is 4.36. The van der Waals surface area contributed by atoms with Gasteiger partial charge in [-0.25, -0.2) is 4.98 Å². The predicted octanol–water partition coefficient (Wildman–Crippen LogP) is 2.62. The Hall–Kier alpha value is -1.09. The fraction of sp³-hybridized carbons (Fsp3) is 0.583. The second-order valence-corrected chi connectivity index (χ2v) is 5.09. The molecule has 0 aliphatic rings. The molecule has 1 aromatic heterocycles. The molecule has 1 rings (SSSR count). The molecule has 3 nitrogen and oxygen atoms in total. The maximum Gasteiger partial charge on any atom is 0.126 e. The van der Waals surface area contributed by atoms with Gasteiger partial charge in [-0.15, -0.1) is 0 Å². The highest BCUT2D eigenvalue weighted by Gasteiger charge is 2.11. The van der Waals surface area contributed by atoms with Crippen LogP contribution in [0.2, 0.25) is 0 Å². The van der Waals surface area contributed by atoms with Crippen molar-refractivity contribution in [3.05, 3.63) is 23.4 Å². The molecular weight excluding hydrogens is 186 g/mol. The summed E-state index contributed by atoms with van der Waals surface area (Å²) in [5.41, 5.74) is 8.16. The van der Waals surface area contributed by atoms with Gasteiger partial charge < -0.3 is 11.1 Å². The zero-order valence-corrected chi connectivity index (χ0v) is 10.3. The van der Waals surface area contributed by atoms with Gasteiger partial charge in [-0.3, -0.25) is 0 Å². The van der Waals surface area contributed by atoms with Crippen molar-refractivity contribution >= 4 is 5.82 Å². The van der Waals surface area contributed by atoms with Crippen LogP contribution in [0, 0.1) is 6.92 Å². The Labute approximate surface area is 92.1 Å². The Balaban J connectivity index is 2.92. The van der Waals surface area contributed by atoms with E-state index in [-0.39, 0.29) is 11.6 Å². The number of aromatic nitrogens is 1. The van der Waals surface area contributed by atoms with Crippen LogP contribution in [0.4, 0.5) is 5.82 Å². The molecular formula is C12H21N3. The molecule has 0 aliphatic heterocycles. The summed E-state index contributed by atoms with van der Waals surface area (Å²) in [5.74, 6) is 0.907. The van der Waals surface area contributed by atoms with E-state index in [0.29, 0.717) is 0 Å². The highest BCUT2D eigenvalue weighted by atomic mass is 15.0. The van der Waals surface area contributed by atoms with Crippen LogP contribution in [-0.2, 0) is 0 Å². The van der Waals surface area contributed by atoms with Gasteiger partial charge in [0.05, 0.1) is 0 Å². The van der Waals surface area contributed by atoms with E-state index in [2.05, 4.69) is 38.0 Å². The molecule has 0 bridgehead atoms. The average Bonchev–Trinajstić information content (AvgIpc) is 1.99. The van der Waals surface area contributed by atoms with Crippen LogP contribution in [0.3, 0.4) is 0 Å². The lowest BCUT2D eigenvalue weighted by atomic mass is 10.1. The van der Waals surface area contributed by atoms with Crippen molar-refractivity contribution in [3.63, 3.8) is 0 Å². The first-order valence-electron chi connectivity index (χ1n) is 5.30. The molecule has 1 aromatic rings. The summed E-state index contributed by atoms with van der Waals surface area (Å²) in [5, 5.41) is 3.34. The third-order valence-corrected chi connectivity index (χ3v) is 2.14. The van der Waals surface area contributed by atoms with Gasteiger partial charge >= 0.3 is 0 Å². The summed E-state index contributed by atoms with van der Waals surface area (Å²) in [6.07, 6.45) is 1.86. The van der Waals surface area contributed by atoms with Gasteiger partial charge in [0, 0.05) is 17.8 Å². The van der Waals surface area contributed by atoms with Gasteiger partial charge in [0.25, 0.3) is 0 Å². The van der Waals surface area contributed by atoms with Crippen molar-refractivity contribution in [1.29, 1.82) is 0 Å². The minimum absolute atomic E-state index is 0.0370. The van der Waals surface area contributed by atoms with Crippen molar-refractivity contribution in [3.8, 4) is 0 Å². The number of aryl methyl sites for hydroxylation is 1. The summed E-state index contributed by atoms with van der Waals surface area (Å²) in [6, 6.07) is 2.09. The number of hydrogen-bond acceptors (Lipinski definition) is 3. The maximum absolute atomic E-state index is 5.83. The molecule has 0 aromatic carbocycles. The van der Waals surface area contributed by atoms with Crippen LogP contribution >= 0.6 is 0 Å². The van der Waals surface area contributed by atoms with Crippen LogP contribution in [0.5, 0.6) is 0 Å². The minimum atomic E-state index is 0.0370. The Bertz CT molecular complexity index is 337. The van der Waals surface area contributed by atoms with E-state index >= 15 is 0 Å². The van der Waals surface area contributed by atoms with Crippen LogP contribution in [-0.4, -0.2) is 10.5 Å². The zero-order chi connectivity index (χ0) is 11.6. The number of nitrogens with zero attached hydrogens (tertiary/aromatic N) is 1. The molecule has 3 N–H and O–H groups in total. The highest BCUT2D eigenvalue weighted by Crippen LogP contribution is 2.19. The first-order valence-corrected chi connectivity index (χ1v) is 5.30. The molecule has 84 valence electrons. The second kappa shape index (κ2) is 4.19. The standard InChI is InChI=1S/C12H21N3/c1-8-6-11(15-12(3,4)5)14-7-10(8)9(2)13/h6-7,9H,13H2,1-5H3,(H,14,15)/t9-/m0/s1. The van der Waals surface area contributed by atoms with E-state index in [1.165, 1.54) is 5.56 Å². The van der Waals surface area contributed by atoms with Crippen LogP contribution in [0.25, 0.3) is 0 Å². The quantitative estimate of drug-likeness (QED) is 0.783. The first kappa shape index (κ1) is 12.0. The van der Waals surface area contributed by atoms with Gasteiger partial charge in [-0.2, -0.15) is 0 Å².